The van der Waals surface area contributed by atoms with Crippen LogP contribution in [0.25, 0.3) is 0 Å². The van der Waals surface area contributed by atoms with Crippen molar-refractivity contribution in [2.75, 3.05) is 11.9 Å². The third kappa shape index (κ3) is 2.96. The highest BCUT2D eigenvalue weighted by Crippen LogP contribution is 2.36. The first-order valence-corrected chi connectivity index (χ1v) is 9.46. The Labute approximate surface area is 148 Å². The number of benzene rings is 1. The van der Waals surface area contributed by atoms with Crippen molar-refractivity contribution in [3.63, 3.8) is 0 Å². The second-order valence-corrected chi connectivity index (χ2v) is 7.86. The molecule has 1 aromatic carbocycles. The van der Waals surface area contributed by atoms with Crippen molar-refractivity contribution in [1.82, 2.24) is 19.5 Å². The Bertz CT molecular complexity index is 958. The maximum atomic E-state index is 12.8. The fourth-order valence-electron chi connectivity index (χ4n) is 2.94. The van der Waals surface area contributed by atoms with Gasteiger partial charge in [0, 0.05) is 12.6 Å². The summed E-state index contributed by atoms with van der Waals surface area (Å²) in [5.74, 6) is 0.516. The zero-order valence-electron chi connectivity index (χ0n) is 12.9. The number of anilines is 1. The third-order valence-electron chi connectivity index (χ3n) is 4.07. The minimum Gasteiger partial charge on any atom is -0.482 e. The van der Waals surface area contributed by atoms with Gasteiger partial charge in [-0.3, -0.25) is 4.79 Å². The van der Waals surface area contributed by atoms with Gasteiger partial charge in [-0.15, -0.1) is 0 Å². The molecule has 0 unspecified atom stereocenters. The second-order valence-electron chi connectivity index (χ2n) is 5.77. The fraction of sp³-hybridized carbons (Fsp3) is 0.357. The van der Waals surface area contributed by atoms with Crippen LogP contribution in [0.4, 0.5) is 5.69 Å². The molecule has 0 radical (unpaired) electrons. The largest absolute Gasteiger partial charge is 0.482 e. The summed E-state index contributed by atoms with van der Waals surface area (Å²) >= 11 is 6.13. The summed E-state index contributed by atoms with van der Waals surface area (Å²) in [5.41, 5.74) is 0.345. The van der Waals surface area contributed by atoms with Crippen LogP contribution in [0.1, 0.15) is 24.7 Å². The number of rotatable bonds is 3. The van der Waals surface area contributed by atoms with E-state index < -0.39 is 16.1 Å². The monoisotopic (exact) mass is 383 g/mol. The zero-order chi connectivity index (χ0) is 17.6. The van der Waals surface area contributed by atoms with E-state index in [-0.39, 0.29) is 28.2 Å². The molecule has 0 fully saturated rings. The van der Waals surface area contributed by atoms with Crippen LogP contribution in [0.2, 0.25) is 5.02 Å². The third-order valence-corrected chi connectivity index (χ3v) is 6.01. The summed E-state index contributed by atoms with van der Waals surface area (Å²) in [5, 5.41) is 6.66. The Kier molecular flexibility index (Phi) is 3.89. The molecule has 132 valence electrons. The van der Waals surface area contributed by atoms with Crippen molar-refractivity contribution in [2.45, 2.75) is 30.3 Å². The van der Waals surface area contributed by atoms with Gasteiger partial charge in [-0.1, -0.05) is 11.6 Å². The molecular weight excluding hydrogens is 370 g/mol. The number of nitrogens with one attached hydrogen (secondary N) is 2. The van der Waals surface area contributed by atoms with Crippen LogP contribution in [-0.2, 0) is 21.4 Å². The van der Waals surface area contributed by atoms with Crippen molar-refractivity contribution in [3.8, 4) is 5.75 Å². The molecule has 0 saturated heterocycles. The summed E-state index contributed by atoms with van der Waals surface area (Å²) < 4.78 is 35.2. The van der Waals surface area contributed by atoms with Gasteiger partial charge >= 0.3 is 0 Å². The van der Waals surface area contributed by atoms with E-state index in [2.05, 4.69) is 20.1 Å². The van der Waals surface area contributed by atoms with E-state index in [4.69, 9.17) is 16.3 Å². The van der Waals surface area contributed by atoms with Gasteiger partial charge in [0.15, 0.2) is 6.61 Å². The zero-order valence-corrected chi connectivity index (χ0v) is 14.5. The molecule has 25 heavy (non-hydrogen) atoms. The number of hydrogen-bond acceptors (Lipinski definition) is 6. The average Bonchev–Trinajstić information content (AvgIpc) is 3.03. The van der Waals surface area contributed by atoms with E-state index in [1.54, 1.807) is 4.68 Å². The number of ether oxygens (including phenoxy) is 1. The van der Waals surface area contributed by atoms with Crippen LogP contribution in [0.15, 0.2) is 23.4 Å². The molecule has 0 bridgehead atoms. The molecular formula is C14H14ClN5O4S. The van der Waals surface area contributed by atoms with Crippen LogP contribution in [0.3, 0.4) is 0 Å². The average molecular weight is 384 g/mol. The minimum atomic E-state index is -3.91. The summed E-state index contributed by atoms with van der Waals surface area (Å²) in [6.45, 7) is 0.536. The van der Waals surface area contributed by atoms with Gasteiger partial charge in [-0.05, 0) is 18.9 Å². The molecule has 9 nitrogen and oxygen atoms in total. The van der Waals surface area contributed by atoms with Crippen molar-refractivity contribution in [2.24, 2.45) is 0 Å². The maximum absolute atomic E-state index is 12.8. The number of amides is 1. The van der Waals surface area contributed by atoms with Gasteiger partial charge in [0.05, 0.1) is 16.8 Å². The number of carbonyl (C=O) groups is 1. The van der Waals surface area contributed by atoms with Crippen molar-refractivity contribution < 1.29 is 17.9 Å². The molecule has 2 aromatic rings. The number of aromatic nitrogens is 3. The Morgan fingerprint density at radius 3 is 3.08 bits per heavy atom. The van der Waals surface area contributed by atoms with Crippen molar-refractivity contribution in [1.29, 1.82) is 0 Å². The first-order valence-electron chi connectivity index (χ1n) is 7.60. The lowest BCUT2D eigenvalue weighted by molar-refractivity contribution is -0.118. The van der Waals surface area contributed by atoms with E-state index >= 15 is 0 Å². The smallest absolute Gasteiger partial charge is 0.262 e. The summed E-state index contributed by atoms with van der Waals surface area (Å²) in [4.78, 5) is 15.4. The predicted molar refractivity (Wildman–Crippen MR) is 87.9 cm³/mol. The first kappa shape index (κ1) is 16.3. The minimum absolute atomic E-state index is 0.00525. The van der Waals surface area contributed by atoms with E-state index in [9.17, 15) is 13.2 Å². The molecule has 1 atom stereocenters. The lowest BCUT2D eigenvalue weighted by Gasteiger charge is -2.24. The van der Waals surface area contributed by atoms with Crippen molar-refractivity contribution >= 4 is 33.2 Å². The highest BCUT2D eigenvalue weighted by molar-refractivity contribution is 7.89. The normalized spacial score (nSPS) is 19.6. The molecule has 11 heteroatoms. The van der Waals surface area contributed by atoms with Gasteiger partial charge < -0.3 is 10.1 Å². The topological polar surface area (TPSA) is 115 Å². The lowest BCUT2D eigenvalue weighted by atomic mass is 10.1. The molecule has 0 saturated carbocycles. The number of hydrogen-bond donors (Lipinski definition) is 2. The Hall–Kier alpha value is -2.17. The van der Waals surface area contributed by atoms with Crippen LogP contribution >= 0.6 is 11.6 Å². The molecule has 4 rings (SSSR count). The van der Waals surface area contributed by atoms with Gasteiger partial charge in [0.25, 0.3) is 5.91 Å². The van der Waals surface area contributed by atoms with Gasteiger partial charge in [0.2, 0.25) is 10.0 Å². The molecule has 1 amide bonds. The van der Waals surface area contributed by atoms with E-state index in [1.807, 2.05) is 0 Å². The number of fused-ring (bicyclic) bond motifs is 2. The maximum Gasteiger partial charge on any atom is 0.262 e. The quantitative estimate of drug-likeness (QED) is 0.819. The molecule has 1 aromatic heterocycles. The van der Waals surface area contributed by atoms with E-state index in [0.717, 1.165) is 6.42 Å². The standard InChI is InChI=1S/C14H14ClN5O4S/c15-8-4-10-11(24-6-13(21)18-10)5-12(8)25(22,23)19-9-2-1-3-20-14(9)16-7-17-20/h4-5,7,9,19H,1-3,6H2,(H,18,21)/t9-/m1/s1. The summed E-state index contributed by atoms with van der Waals surface area (Å²) in [6, 6.07) is 2.20. The number of halogens is 1. The van der Waals surface area contributed by atoms with Crippen LogP contribution < -0.4 is 14.8 Å². The van der Waals surface area contributed by atoms with Crippen LogP contribution in [-0.4, -0.2) is 35.7 Å². The molecule has 0 aliphatic carbocycles. The van der Waals surface area contributed by atoms with E-state index in [1.165, 1.54) is 18.5 Å². The fourth-order valence-corrected chi connectivity index (χ4v) is 4.71. The van der Waals surface area contributed by atoms with Gasteiger partial charge in [-0.25, -0.2) is 22.8 Å². The lowest BCUT2D eigenvalue weighted by Crippen LogP contribution is -2.33. The Morgan fingerprint density at radius 1 is 1.40 bits per heavy atom. The Balaban J connectivity index is 1.67. The van der Waals surface area contributed by atoms with Crippen LogP contribution in [0, 0.1) is 0 Å². The summed E-state index contributed by atoms with van der Waals surface area (Å²) in [7, 11) is -3.91. The molecule has 0 spiro atoms. The number of nitrogens with zero attached hydrogens (tertiary/aromatic N) is 3. The molecule has 3 heterocycles. The summed E-state index contributed by atoms with van der Waals surface area (Å²) in [6.07, 6.45) is 2.81. The molecule has 2 aliphatic rings. The highest BCUT2D eigenvalue weighted by atomic mass is 35.5. The Morgan fingerprint density at radius 2 is 2.24 bits per heavy atom. The van der Waals surface area contributed by atoms with Gasteiger partial charge in [-0.2, -0.15) is 5.10 Å². The number of carbonyl (C=O) groups excluding carboxylic acids is 1. The molecule has 2 aliphatic heterocycles. The highest BCUT2D eigenvalue weighted by Gasteiger charge is 2.30. The first-order chi connectivity index (χ1) is 11.9. The van der Waals surface area contributed by atoms with E-state index in [0.29, 0.717) is 24.5 Å². The predicted octanol–water partition coefficient (Wildman–Crippen LogP) is 1.08. The van der Waals surface area contributed by atoms with Crippen LogP contribution in [0.5, 0.6) is 5.75 Å². The number of aryl methyl sites for hydroxylation is 1. The van der Waals surface area contributed by atoms with Crippen molar-refractivity contribution in [3.05, 3.63) is 29.3 Å². The number of sulfonamides is 1. The second kappa shape index (κ2) is 5.97. The SMILES string of the molecule is O=C1COc2cc(S(=O)(=O)N[C@@H]3CCCn4ncnc43)c(Cl)cc2N1. The van der Waals surface area contributed by atoms with Gasteiger partial charge in [0.1, 0.15) is 22.8 Å². The molecule has 2 N–H and O–H groups in total.